The molecule has 0 aliphatic carbocycles. The Hall–Kier alpha value is -2.21. The third kappa shape index (κ3) is 4.00. The molecule has 0 saturated carbocycles. The van der Waals surface area contributed by atoms with Gasteiger partial charge in [-0.1, -0.05) is 13.8 Å². The zero-order chi connectivity index (χ0) is 17.9. The summed E-state index contributed by atoms with van der Waals surface area (Å²) in [6.45, 7) is 7.85. The molecule has 2 rings (SSSR count). The Balaban J connectivity index is 2.13. The molecule has 1 unspecified atom stereocenters. The van der Waals surface area contributed by atoms with Crippen LogP contribution in [0.2, 0.25) is 0 Å². The normalized spacial score (nSPS) is 12.5. The molecule has 5 nitrogen and oxygen atoms in total. The van der Waals surface area contributed by atoms with E-state index >= 15 is 0 Å². The Labute approximate surface area is 141 Å². The summed E-state index contributed by atoms with van der Waals surface area (Å²) in [6, 6.07) is 5.96. The van der Waals surface area contributed by atoms with E-state index < -0.39 is 6.10 Å². The lowest BCUT2D eigenvalue weighted by Crippen LogP contribution is -2.29. The largest absolute Gasteiger partial charge is 0.393 e. The lowest BCUT2D eigenvalue weighted by Gasteiger charge is -2.14. The highest BCUT2D eigenvalue weighted by Gasteiger charge is 2.19. The van der Waals surface area contributed by atoms with Crippen molar-refractivity contribution in [1.29, 1.82) is 0 Å². The van der Waals surface area contributed by atoms with E-state index in [0.717, 1.165) is 0 Å². The number of hydrogen-bond donors (Lipinski definition) is 2. The van der Waals surface area contributed by atoms with Gasteiger partial charge >= 0.3 is 0 Å². The van der Waals surface area contributed by atoms with Crippen LogP contribution in [0.5, 0.6) is 0 Å². The molecule has 130 valence electrons. The zero-order valence-corrected chi connectivity index (χ0v) is 14.5. The van der Waals surface area contributed by atoms with Crippen LogP contribution in [0.25, 0.3) is 5.69 Å². The van der Waals surface area contributed by atoms with Gasteiger partial charge in [-0.3, -0.25) is 4.79 Å². The molecule has 1 aromatic heterocycles. The average molecular weight is 333 g/mol. The summed E-state index contributed by atoms with van der Waals surface area (Å²) in [5.74, 6) is -0.372. The summed E-state index contributed by atoms with van der Waals surface area (Å²) in [5, 5.41) is 17.0. The van der Waals surface area contributed by atoms with Crippen LogP contribution in [0.1, 0.15) is 42.0 Å². The highest BCUT2D eigenvalue weighted by atomic mass is 19.1. The highest BCUT2D eigenvalue weighted by molar-refractivity contribution is 5.96. The summed E-state index contributed by atoms with van der Waals surface area (Å²) >= 11 is 0. The van der Waals surface area contributed by atoms with Crippen molar-refractivity contribution < 1.29 is 14.3 Å². The topological polar surface area (TPSA) is 67.2 Å². The minimum atomic E-state index is -0.436. The zero-order valence-electron chi connectivity index (χ0n) is 14.5. The average Bonchev–Trinajstić information content (AvgIpc) is 2.82. The molecule has 0 radical (unpaired) electrons. The van der Waals surface area contributed by atoms with Crippen LogP contribution in [0.15, 0.2) is 24.3 Å². The Kier molecular flexibility index (Phi) is 5.72. The number of aryl methyl sites for hydroxylation is 1. The van der Waals surface area contributed by atoms with E-state index in [1.807, 2.05) is 13.8 Å². The molecular weight excluding hydrogens is 309 g/mol. The number of aromatic nitrogens is 2. The summed E-state index contributed by atoms with van der Waals surface area (Å²) in [6.07, 6.45) is 0.0718. The van der Waals surface area contributed by atoms with Gasteiger partial charge in [0.05, 0.1) is 28.7 Å². The fourth-order valence-corrected chi connectivity index (χ4v) is 2.56. The van der Waals surface area contributed by atoms with Gasteiger partial charge in [0.2, 0.25) is 0 Å². The van der Waals surface area contributed by atoms with Crippen LogP contribution in [-0.2, 0) is 0 Å². The third-order valence-electron chi connectivity index (χ3n) is 4.08. The summed E-state index contributed by atoms with van der Waals surface area (Å²) in [5.41, 5.74) is 2.52. The molecule has 1 amide bonds. The number of amides is 1. The number of rotatable bonds is 6. The maximum Gasteiger partial charge on any atom is 0.255 e. The van der Waals surface area contributed by atoms with E-state index in [2.05, 4.69) is 10.4 Å². The first-order valence-electron chi connectivity index (χ1n) is 8.09. The van der Waals surface area contributed by atoms with E-state index in [9.17, 15) is 14.3 Å². The highest BCUT2D eigenvalue weighted by Crippen LogP contribution is 2.18. The predicted molar refractivity (Wildman–Crippen MR) is 90.8 cm³/mol. The van der Waals surface area contributed by atoms with Crippen molar-refractivity contribution in [3.63, 3.8) is 0 Å². The molecule has 24 heavy (non-hydrogen) atoms. The Bertz CT molecular complexity index is 708. The van der Waals surface area contributed by atoms with E-state index in [-0.39, 0.29) is 17.6 Å². The fourth-order valence-electron chi connectivity index (χ4n) is 2.56. The van der Waals surface area contributed by atoms with E-state index in [1.165, 1.54) is 12.1 Å². The Morgan fingerprint density at radius 2 is 1.92 bits per heavy atom. The van der Waals surface area contributed by atoms with Gasteiger partial charge in [-0.2, -0.15) is 5.10 Å². The minimum Gasteiger partial charge on any atom is -0.393 e. The van der Waals surface area contributed by atoms with E-state index in [0.29, 0.717) is 35.6 Å². The summed E-state index contributed by atoms with van der Waals surface area (Å²) in [7, 11) is 0. The van der Waals surface area contributed by atoms with Crippen LogP contribution in [-0.4, -0.2) is 33.4 Å². The van der Waals surface area contributed by atoms with Crippen molar-refractivity contribution in [3.8, 4) is 5.69 Å². The SMILES string of the molecule is Cc1nn(-c2ccc(F)cc2)c(C)c1C(=O)NCCC(O)C(C)C. The summed E-state index contributed by atoms with van der Waals surface area (Å²) in [4.78, 5) is 12.4. The fraction of sp³-hybridized carbons (Fsp3) is 0.444. The van der Waals surface area contributed by atoms with Crippen molar-refractivity contribution in [2.24, 2.45) is 5.92 Å². The van der Waals surface area contributed by atoms with Crippen LogP contribution in [0, 0.1) is 25.6 Å². The van der Waals surface area contributed by atoms with Crippen molar-refractivity contribution in [2.45, 2.75) is 40.2 Å². The van der Waals surface area contributed by atoms with Crippen LogP contribution in [0.4, 0.5) is 4.39 Å². The number of carbonyl (C=O) groups is 1. The first kappa shape index (κ1) is 18.1. The number of halogens is 1. The van der Waals surface area contributed by atoms with Crippen molar-refractivity contribution in [1.82, 2.24) is 15.1 Å². The molecular formula is C18H24FN3O2. The summed E-state index contributed by atoms with van der Waals surface area (Å²) < 4.78 is 14.7. The molecule has 2 aromatic rings. The number of aliphatic hydroxyl groups is 1. The lowest BCUT2D eigenvalue weighted by atomic mass is 10.0. The molecule has 0 fully saturated rings. The molecule has 6 heteroatoms. The quantitative estimate of drug-likeness (QED) is 0.854. The maximum atomic E-state index is 13.1. The first-order valence-corrected chi connectivity index (χ1v) is 8.09. The standard InChI is InChI=1S/C18H24FN3O2/c1-11(2)16(23)9-10-20-18(24)17-12(3)21-22(13(17)4)15-7-5-14(19)6-8-15/h5-8,11,16,23H,9-10H2,1-4H3,(H,20,24). The first-order chi connectivity index (χ1) is 11.3. The van der Waals surface area contributed by atoms with Crippen molar-refractivity contribution in [2.75, 3.05) is 6.54 Å². The number of hydrogen-bond acceptors (Lipinski definition) is 3. The van der Waals surface area contributed by atoms with Gasteiger partial charge in [0, 0.05) is 6.54 Å². The Morgan fingerprint density at radius 1 is 1.29 bits per heavy atom. The minimum absolute atomic E-state index is 0.159. The van der Waals surface area contributed by atoms with Crippen molar-refractivity contribution >= 4 is 5.91 Å². The van der Waals surface area contributed by atoms with Gasteiger partial charge in [0.25, 0.3) is 5.91 Å². The molecule has 2 N–H and O–H groups in total. The van der Waals surface area contributed by atoms with Crippen LogP contribution < -0.4 is 5.32 Å². The van der Waals surface area contributed by atoms with Gasteiger partial charge in [0.1, 0.15) is 5.82 Å². The number of benzene rings is 1. The maximum absolute atomic E-state index is 13.1. The lowest BCUT2D eigenvalue weighted by molar-refractivity contribution is 0.0919. The van der Waals surface area contributed by atoms with Crippen LogP contribution in [0.3, 0.4) is 0 Å². The molecule has 0 aliphatic rings. The second-order valence-electron chi connectivity index (χ2n) is 6.29. The molecule has 1 heterocycles. The van der Waals surface area contributed by atoms with Gasteiger partial charge < -0.3 is 10.4 Å². The molecule has 0 aliphatic heterocycles. The number of nitrogens with one attached hydrogen (secondary N) is 1. The predicted octanol–water partition coefficient (Wildman–Crippen LogP) is 2.77. The third-order valence-corrected chi connectivity index (χ3v) is 4.08. The molecule has 0 bridgehead atoms. The number of aliphatic hydroxyl groups excluding tert-OH is 1. The van der Waals surface area contributed by atoms with Crippen LogP contribution >= 0.6 is 0 Å². The monoisotopic (exact) mass is 333 g/mol. The smallest absolute Gasteiger partial charge is 0.255 e. The number of nitrogens with zero attached hydrogens (tertiary/aromatic N) is 2. The Morgan fingerprint density at radius 3 is 2.50 bits per heavy atom. The second kappa shape index (κ2) is 7.57. The van der Waals surface area contributed by atoms with Crippen molar-refractivity contribution in [3.05, 3.63) is 47.0 Å². The molecule has 1 aromatic carbocycles. The second-order valence-corrected chi connectivity index (χ2v) is 6.29. The van der Waals surface area contributed by atoms with Gasteiger partial charge in [-0.15, -0.1) is 0 Å². The van der Waals surface area contributed by atoms with Gasteiger partial charge in [-0.25, -0.2) is 9.07 Å². The van der Waals surface area contributed by atoms with Gasteiger partial charge in [-0.05, 0) is 50.5 Å². The molecule has 0 spiro atoms. The van der Waals surface area contributed by atoms with Gasteiger partial charge in [0.15, 0.2) is 0 Å². The number of carbonyl (C=O) groups excluding carboxylic acids is 1. The van der Waals surface area contributed by atoms with E-state index in [1.54, 1.807) is 30.7 Å². The molecule has 0 saturated heterocycles. The molecule has 1 atom stereocenters. The van der Waals surface area contributed by atoms with E-state index in [4.69, 9.17) is 0 Å².